The molecular formula is C38H36ClFN8O6. The van der Waals surface area contributed by atoms with E-state index in [-0.39, 0.29) is 59.8 Å². The maximum absolute atomic E-state index is 15.4. The molecule has 1 saturated carbocycles. The predicted octanol–water partition coefficient (Wildman–Crippen LogP) is 3.52. The van der Waals surface area contributed by atoms with E-state index in [1.54, 1.807) is 36.4 Å². The number of carbonyl (C=O) groups excluding carboxylic acids is 5. The minimum absolute atomic E-state index is 0.00384. The number of piperidine rings is 1. The fourth-order valence-electron chi connectivity index (χ4n) is 8.39. The molecule has 3 saturated heterocycles. The first-order valence-electron chi connectivity index (χ1n) is 18.1. The molecule has 1 aromatic heterocycles. The third-order valence-corrected chi connectivity index (χ3v) is 11.4. The van der Waals surface area contributed by atoms with Crippen molar-refractivity contribution in [2.75, 3.05) is 18.0 Å². The number of fused-ring (bicyclic) bond motifs is 3. The number of imide groups is 2. The Hall–Kier alpha value is -5.46. The van der Waals surface area contributed by atoms with Gasteiger partial charge in [0.25, 0.3) is 17.7 Å². The van der Waals surface area contributed by atoms with E-state index >= 15 is 4.39 Å². The normalized spacial score (nSPS) is 25.3. The Bertz CT molecular complexity index is 2090. The van der Waals surface area contributed by atoms with Crippen LogP contribution >= 0.6 is 11.6 Å². The molecule has 3 aromatic rings. The number of nitrogens with zero attached hydrogens (tertiary/aromatic N) is 6. The summed E-state index contributed by atoms with van der Waals surface area (Å²) in [4.78, 5) is 68.7. The van der Waals surface area contributed by atoms with Crippen molar-refractivity contribution in [2.45, 2.75) is 88.2 Å². The zero-order chi connectivity index (χ0) is 37.7. The van der Waals surface area contributed by atoms with Crippen LogP contribution in [0.3, 0.4) is 0 Å². The largest absolute Gasteiger partial charge is 0.490 e. The molecule has 0 spiro atoms. The predicted molar refractivity (Wildman–Crippen MR) is 190 cm³/mol. The Morgan fingerprint density at radius 1 is 0.963 bits per heavy atom. The minimum atomic E-state index is -1.16. The molecule has 2 bridgehead atoms. The van der Waals surface area contributed by atoms with Crippen LogP contribution in [-0.4, -0.2) is 92.9 Å². The summed E-state index contributed by atoms with van der Waals surface area (Å²) in [5.41, 5.74) is 0.760. The van der Waals surface area contributed by atoms with Gasteiger partial charge in [0.05, 0.1) is 27.8 Å². The van der Waals surface area contributed by atoms with Gasteiger partial charge in [0, 0.05) is 50.2 Å². The Kier molecular flexibility index (Phi) is 9.49. The molecule has 278 valence electrons. The van der Waals surface area contributed by atoms with E-state index in [9.17, 15) is 24.0 Å². The highest BCUT2D eigenvalue weighted by Crippen LogP contribution is 2.36. The smallest absolute Gasteiger partial charge is 0.272 e. The topological polar surface area (TPSA) is 178 Å². The third kappa shape index (κ3) is 6.75. The number of aromatic nitrogens is 2. The van der Waals surface area contributed by atoms with Crippen molar-refractivity contribution in [3.8, 4) is 11.8 Å². The molecule has 3 unspecified atom stereocenters. The van der Waals surface area contributed by atoms with Gasteiger partial charge in [0.1, 0.15) is 23.7 Å². The van der Waals surface area contributed by atoms with Crippen LogP contribution in [0.2, 0.25) is 5.02 Å². The highest BCUT2D eigenvalue weighted by atomic mass is 35.5. The monoisotopic (exact) mass is 754 g/mol. The van der Waals surface area contributed by atoms with E-state index in [0.717, 1.165) is 43.4 Å². The maximum Gasteiger partial charge on any atom is 0.272 e. The summed E-state index contributed by atoms with van der Waals surface area (Å²) in [5.74, 6) is -2.65. The van der Waals surface area contributed by atoms with Gasteiger partial charge in [-0.1, -0.05) is 11.6 Å². The Morgan fingerprint density at radius 2 is 1.72 bits per heavy atom. The zero-order valence-electron chi connectivity index (χ0n) is 29.1. The fourth-order valence-corrected chi connectivity index (χ4v) is 8.60. The molecule has 5 amide bonds. The lowest BCUT2D eigenvalue weighted by molar-refractivity contribution is -0.136. The van der Waals surface area contributed by atoms with Crippen LogP contribution in [0.25, 0.3) is 0 Å². The van der Waals surface area contributed by atoms with E-state index in [2.05, 4.69) is 30.6 Å². The van der Waals surface area contributed by atoms with Crippen molar-refractivity contribution in [1.29, 1.82) is 5.26 Å². The molecule has 16 heteroatoms. The zero-order valence-corrected chi connectivity index (χ0v) is 29.9. The van der Waals surface area contributed by atoms with Crippen molar-refractivity contribution in [2.24, 2.45) is 0 Å². The number of ether oxygens (including phenoxy) is 1. The summed E-state index contributed by atoms with van der Waals surface area (Å²) in [6.07, 6.45) is 4.79. The third-order valence-electron chi connectivity index (χ3n) is 11.1. The van der Waals surface area contributed by atoms with E-state index < -0.39 is 35.5 Å². The molecule has 2 N–H and O–H groups in total. The quantitative estimate of drug-likeness (QED) is 0.322. The van der Waals surface area contributed by atoms with Gasteiger partial charge < -0.3 is 15.0 Å². The summed E-state index contributed by atoms with van der Waals surface area (Å²) in [6.45, 7) is 1.66. The first-order valence-corrected chi connectivity index (χ1v) is 18.5. The Balaban J connectivity index is 0.848. The molecule has 0 radical (unpaired) electrons. The Morgan fingerprint density at radius 3 is 2.39 bits per heavy atom. The minimum Gasteiger partial charge on any atom is -0.490 e. The van der Waals surface area contributed by atoms with Crippen molar-refractivity contribution in [3.05, 3.63) is 81.3 Å². The van der Waals surface area contributed by atoms with Crippen LogP contribution < -0.4 is 20.3 Å². The molecule has 1 aliphatic carbocycles. The number of rotatable bonds is 8. The summed E-state index contributed by atoms with van der Waals surface area (Å²) in [7, 11) is 0. The molecule has 8 rings (SSSR count). The van der Waals surface area contributed by atoms with Crippen LogP contribution in [-0.2, 0) is 16.1 Å². The molecule has 5 aliphatic rings. The molecular weight excluding hydrogens is 719 g/mol. The average Bonchev–Trinajstić information content (AvgIpc) is 3.53. The fraction of sp³-hybridized carbons (Fsp3) is 0.421. The van der Waals surface area contributed by atoms with Crippen molar-refractivity contribution >= 4 is 47.0 Å². The summed E-state index contributed by atoms with van der Waals surface area (Å²) >= 11 is 6.13. The molecule has 54 heavy (non-hydrogen) atoms. The standard InChI is InChI=1S/C38H36ClFN8O6/c39-28-15-26(6-1-21(28)16-41)54-25-7-2-22(3-8-25)42-35(50)30-9-11-32(45-44-30)46-18-23-4-5-24(19-46)47(23)17-20-13-27-34(29(40)14-20)38(53)48(37(27)52)31-10-12-33(49)43-36(31)51/h1,6,9,11,13-15,22-25,31H,2-5,7-8,10,12,17-19H2,(H,42,50)(H,43,49,51). The number of nitriles is 1. The van der Waals surface area contributed by atoms with Crippen LogP contribution in [0.1, 0.15) is 93.7 Å². The van der Waals surface area contributed by atoms with Crippen molar-refractivity contribution in [1.82, 2.24) is 30.6 Å². The number of amides is 5. The van der Waals surface area contributed by atoms with Crippen LogP contribution in [0, 0.1) is 17.1 Å². The number of carbonyl (C=O) groups is 5. The van der Waals surface area contributed by atoms with Crippen LogP contribution in [0.5, 0.6) is 5.75 Å². The van der Waals surface area contributed by atoms with E-state index in [1.165, 1.54) is 6.07 Å². The van der Waals surface area contributed by atoms with Gasteiger partial charge in [-0.25, -0.2) is 4.39 Å². The van der Waals surface area contributed by atoms with E-state index in [4.69, 9.17) is 21.6 Å². The Labute approximate surface area is 314 Å². The lowest BCUT2D eigenvalue weighted by atomic mass is 9.93. The first-order chi connectivity index (χ1) is 26.1. The van der Waals surface area contributed by atoms with Gasteiger partial charge >= 0.3 is 0 Å². The molecule has 4 fully saturated rings. The van der Waals surface area contributed by atoms with Gasteiger partial charge in [0.2, 0.25) is 11.8 Å². The highest BCUT2D eigenvalue weighted by molar-refractivity contribution is 6.31. The number of anilines is 1. The molecule has 3 atom stereocenters. The number of hydrogen-bond donors (Lipinski definition) is 2. The summed E-state index contributed by atoms with van der Waals surface area (Å²) in [6, 6.07) is 12.4. The number of hydrogen-bond acceptors (Lipinski definition) is 11. The number of benzene rings is 2. The van der Waals surface area contributed by atoms with Gasteiger partial charge in [-0.2, -0.15) is 5.26 Å². The highest BCUT2D eigenvalue weighted by Gasteiger charge is 2.47. The van der Waals surface area contributed by atoms with Gasteiger partial charge in [0.15, 0.2) is 11.5 Å². The van der Waals surface area contributed by atoms with E-state index in [0.29, 0.717) is 47.4 Å². The van der Waals surface area contributed by atoms with Crippen molar-refractivity contribution in [3.63, 3.8) is 0 Å². The molecule has 2 aromatic carbocycles. The second-order valence-electron chi connectivity index (χ2n) is 14.5. The summed E-state index contributed by atoms with van der Waals surface area (Å²) in [5, 5.41) is 23.3. The first kappa shape index (κ1) is 35.6. The SMILES string of the molecule is N#Cc1ccc(OC2CCC(NC(=O)c3ccc(N4CC5CCC(C4)N5Cc4cc(F)c5c(c4)C(=O)N(C4CCC(=O)NC4=O)C5=O)nn3)CC2)cc1Cl. The second-order valence-corrected chi connectivity index (χ2v) is 14.9. The van der Waals surface area contributed by atoms with Gasteiger partial charge in [-0.05, 0) is 86.9 Å². The lowest BCUT2D eigenvalue weighted by Gasteiger charge is -2.41. The second kappa shape index (κ2) is 14.4. The molecule has 14 nitrogen and oxygen atoms in total. The number of piperazine rings is 1. The maximum atomic E-state index is 15.4. The van der Waals surface area contributed by atoms with Gasteiger partial charge in [-0.3, -0.25) is 39.1 Å². The number of halogens is 2. The average molecular weight is 755 g/mol. The molecule has 5 heterocycles. The molecule has 4 aliphatic heterocycles. The number of nitrogens with one attached hydrogen (secondary N) is 2. The van der Waals surface area contributed by atoms with Crippen molar-refractivity contribution < 1.29 is 33.1 Å². The van der Waals surface area contributed by atoms with Crippen LogP contribution in [0.4, 0.5) is 10.2 Å². The van der Waals surface area contributed by atoms with Gasteiger partial charge in [-0.15, -0.1) is 10.2 Å². The van der Waals surface area contributed by atoms with E-state index in [1.807, 2.05) is 6.07 Å². The lowest BCUT2D eigenvalue weighted by Crippen LogP contribution is -2.54. The summed E-state index contributed by atoms with van der Waals surface area (Å²) < 4.78 is 21.5. The van der Waals surface area contributed by atoms with Crippen LogP contribution in [0.15, 0.2) is 42.5 Å².